The van der Waals surface area contributed by atoms with Crippen LogP contribution in [0.1, 0.15) is 38.6 Å². The average molecular weight is 265 g/mol. The number of hydrogen-bond donors (Lipinski definition) is 1. The maximum atomic E-state index is 12.1. The number of halogens is 1. The summed E-state index contributed by atoms with van der Waals surface area (Å²) in [6.45, 7) is 2.29. The molecule has 18 heavy (non-hydrogen) atoms. The highest BCUT2D eigenvalue weighted by Crippen LogP contribution is 2.32. The minimum Gasteiger partial charge on any atom is -0.305 e. The molecule has 0 amide bonds. The van der Waals surface area contributed by atoms with E-state index in [-0.39, 0.29) is 5.69 Å². The molecule has 0 bridgehead atoms. The van der Waals surface area contributed by atoms with Gasteiger partial charge in [-0.2, -0.15) is 0 Å². The van der Waals surface area contributed by atoms with Crippen LogP contribution in [0.15, 0.2) is 23.0 Å². The molecule has 0 spiro atoms. The van der Waals surface area contributed by atoms with E-state index in [0.717, 1.165) is 29.8 Å². The Morgan fingerprint density at radius 3 is 2.72 bits per heavy atom. The Bertz CT molecular complexity index is 620. The second-order valence-electron chi connectivity index (χ2n) is 5.38. The van der Waals surface area contributed by atoms with Gasteiger partial charge in [0.1, 0.15) is 0 Å². The zero-order valence-electron chi connectivity index (χ0n) is 10.4. The number of rotatable bonds is 1. The summed E-state index contributed by atoms with van der Waals surface area (Å²) >= 11 is 5.95. The van der Waals surface area contributed by atoms with Crippen molar-refractivity contribution in [3.05, 3.63) is 33.7 Å². The molecule has 4 heteroatoms. The Hall–Kier alpha value is -1.22. The van der Waals surface area contributed by atoms with Gasteiger partial charge in [-0.3, -0.25) is 4.57 Å². The van der Waals surface area contributed by atoms with Gasteiger partial charge in [-0.1, -0.05) is 18.5 Å². The van der Waals surface area contributed by atoms with Crippen LogP contribution in [0.5, 0.6) is 0 Å². The van der Waals surface area contributed by atoms with Crippen LogP contribution in [-0.2, 0) is 0 Å². The number of aromatic amines is 1. The van der Waals surface area contributed by atoms with Crippen molar-refractivity contribution in [1.29, 1.82) is 0 Å². The van der Waals surface area contributed by atoms with Crippen LogP contribution in [-0.4, -0.2) is 9.55 Å². The third-order valence-corrected chi connectivity index (χ3v) is 4.26. The average Bonchev–Trinajstić information content (AvgIpc) is 2.65. The van der Waals surface area contributed by atoms with E-state index >= 15 is 0 Å². The van der Waals surface area contributed by atoms with Crippen LogP contribution in [0.4, 0.5) is 0 Å². The van der Waals surface area contributed by atoms with Crippen molar-refractivity contribution in [1.82, 2.24) is 9.55 Å². The molecule has 0 radical (unpaired) electrons. The highest BCUT2D eigenvalue weighted by atomic mass is 35.5. The molecule has 1 aliphatic carbocycles. The lowest BCUT2D eigenvalue weighted by molar-refractivity contribution is 0.290. The summed E-state index contributed by atoms with van der Waals surface area (Å²) in [6, 6.07) is 5.94. The third-order valence-electron chi connectivity index (χ3n) is 4.03. The van der Waals surface area contributed by atoms with Gasteiger partial charge in [-0.25, -0.2) is 4.79 Å². The van der Waals surface area contributed by atoms with E-state index in [9.17, 15) is 4.79 Å². The standard InChI is InChI=1S/C14H17ClN2O/c1-9-2-5-11(6-3-9)17-13-7-4-10(15)8-12(13)16-14(17)18/h4,7-9,11H,2-3,5-6H2,1H3,(H,16,18). The van der Waals surface area contributed by atoms with Gasteiger partial charge in [0.25, 0.3) is 0 Å². The number of imidazole rings is 1. The fraction of sp³-hybridized carbons (Fsp3) is 0.500. The molecule has 1 aromatic carbocycles. The summed E-state index contributed by atoms with van der Waals surface area (Å²) in [5, 5.41) is 0.660. The summed E-state index contributed by atoms with van der Waals surface area (Å²) in [4.78, 5) is 15.0. The van der Waals surface area contributed by atoms with E-state index in [1.54, 1.807) is 0 Å². The largest absolute Gasteiger partial charge is 0.326 e. The van der Waals surface area contributed by atoms with Crippen molar-refractivity contribution in [3.8, 4) is 0 Å². The van der Waals surface area contributed by atoms with Crippen LogP contribution < -0.4 is 5.69 Å². The first-order valence-corrected chi connectivity index (χ1v) is 6.92. The summed E-state index contributed by atoms with van der Waals surface area (Å²) in [5.74, 6) is 0.789. The van der Waals surface area contributed by atoms with E-state index in [0.29, 0.717) is 11.1 Å². The molecule has 96 valence electrons. The monoisotopic (exact) mass is 264 g/mol. The molecule has 1 saturated carbocycles. The molecule has 1 aromatic heterocycles. The molecule has 1 N–H and O–H groups in total. The Kier molecular flexibility index (Phi) is 2.94. The molecular weight excluding hydrogens is 248 g/mol. The van der Waals surface area contributed by atoms with E-state index in [2.05, 4.69) is 11.9 Å². The van der Waals surface area contributed by atoms with Gasteiger partial charge in [-0.05, 0) is 49.8 Å². The van der Waals surface area contributed by atoms with E-state index < -0.39 is 0 Å². The molecule has 0 unspecified atom stereocenters. The lowest BCUT2D eigenvalue weighted by Gasteiger charge is -2.27. The van der Waals surface area contributed by atoms with Crippen molar-refractivity contribution in [2.45, 2.75) is 38.6 Å². The molecule has 1 fully saturated rings. The Morgan fingerprint density at radius 1 is 1.28 bits per heavy atom. The molecular formula is C14H17ClN2O. The van der Waals surface area contributed by atoms with Gasteiger partial charge < -0.3 is 4.98 Å². The molecule has 2 aromatic rings. The SMILES string of the molecule is CC1CCC(n2c(=O)[nH]c3cc(Cl)ccc32)CC1. The number of hydrogen-bond acceptors (Lipinski definition) is 1. The number of nitrogens with zero attached hydrogens (tertiary/aromatic N) is 1. The summed E-state index contributed by atoms with van der Waals surface area (Å²) in [7, 11) is 0. The van der Waals surface area contributed by atoms with E-state index in [1.165, 1.54) is 12.8 Å². The minimum atomic E-state index is -0.00757. The smallest absolute Gasteiger partial charge is 0.305 e. The molecule has 3 nitrogen and oxygen atoms in total. The zero-order chi connectivity index (χ0) is 12.7. The number of fused-ring (bicyclic) bond motifs is 1. The van der Waals surface area contributed by atoms with Crippen molar-refractivity contribution >= 4 is 22.6 Å². The lowest BCUT2D eigenvalue weighted by Crippen LogP contribution is -2.25. The number of aromatic nitrogens is 2. The molecule has 0 aliphatic heterocycles. The lowest BCUT2D eigenvalue weighted by atomic mass is 9.87. The number of H-pyrrole nitrogens is 1. The molecule has 0 saturated heterocycles. The topological polar surface area (TPSA) is 37.8 Å². The first-order valence-electron chi connectivity index (χ1n) is 6.55. The zero-order valence-corrected chi connectivity index (χ0v) is 11.2. The molecule has 1 aliphatic rings. The Labute approximate surface area is 111 Å². The highest BCUT2D eigenvalue weighted by Gasteiger charge is 2.22. The first kappa shape index (κ1) is 11.8. The predicted molar refractivity (Wildman–Crippen MR) is 74.2 cm³/mol. The van der Waals surface area contributed by atoms with E-state index in [1.807, 2.05) is 22.8 Å². The fourth-order valence-electron chi connectivity index (χ4n) is 2.97. The predicted octanol–water partition coefficient (Wildman–Crippen LogP) is 3.73. The third kappa shape index (κ3) is 1.97. The van der Waals surface area contributed by atoms with E-state index in [4.69, 9.17) is 11.6 Å². The van der Waals surface area contributed by atoms with Gasteiger partial charge in [-0.15, -0.1) is 0 Å². The highest BCUT2D eigenvalue weighted by molar-refractivity contribution is 6.31. The van der Waals surface area contributed by atoms with Gasteiger partial charge in [0.2, 0.25) is 0 Å². The fourth-order valence-corrected chi connectivity index (χ4v) is 3.14. The van der Waals surface area contributed by atoms with Crippen LogP contribution in [0.25, 0.3) is 11.0 Å². The maximum absolute atomic E-state index is 12.1. The number of benzene rings is 1. The molecule has 1 heterocycles. The summed E-state index contributed by atoms with van der Waals surface area (Å²) in [6.07, 6.45) is 4.60. The minimum absolute atomic E-state index is 0.00757. The quantitative estimate of drug-likeness (QED) is 0.837. The first-order chi connectivity index (χ1) is 8.65. The summed E-state index contributed by atoms with van der Waals surface area (Å²) < 4.78 is 1.91. The van der Waals surface area contributed by atoms with Crippen LogP contribution >= 0.6 is 11.6 Å². The number of nitrogens with one attached hydrogen (secondary N) is 1. The second kappa shape index (κ2) is 4.47. The maximum Gasteiger partial charge on any atom is 0.326 e. The van der Waals surface area contributed by atoms with Gasteiger partial charge in [0.15, 0.2) is 0 Å². The Balaban J connectivity index is 2.06. The van der Waals surface area contributed by atoms with Crippen LogP contribution in [0.2, 0.25) is 5.02 Å². The van der Waals surface area contributed by atoms with Crippen LogP contribution in [0.3, 0.4) is 0 Å². The van der Waals surface area contributed by atoms with Crippen molar-refractivity contribution < 1.29 is 0 Å². The van der Waals surface area contributed by atoms with Gasteiger partial charge in [0, 0.05) is 11.1 Å². The van der Waals surface area contributed by atoms with Gasteiger partial charge >= 0.3 is 5.69 Å². The molecule has 0 atom stereocenters. The van der Waals surface area contributed by atoms with Crippen LogP contribution in [0, 0.1) is 5.92 Å². The van der Waals surface area contributed by atoms with Crippen molar-refractivity contribution in [2.75, 3.05) is 0 Å². The normalized spacial score (nSPS) is 24.6. The summed E-state index contributed by atoms with van der Waals surface area (Å²) in [5.41, 5.74) is 1.81. The Morgan fingerprint density at radius 2 is 2.00 bits per heavy atom. The molecule has 3 rings (SSSR count). The second-order valence-corrected chi connectivity index (χ2v) is 5.81. The van der Waals surface area contributed by atoms with Crippen molar-refractivity contribution in [3.63, 3.8) is 0 Å². The van der Waals surface area contributed by atoms with Crippen molar-refractivity contribution in [2.24, 2.45) is 5.92 Å². The van der Waals surface area contributed by atoms with Gasteiger partial charge in [0.05, 0.1) is 11.0 Å².